The van der Waals surface area contributed by atoms with Crippen LogP contribution in [0.1, 0.15) is 47.9 Å². The summed E-state index contributed by atoms with van der Waals surface area (Å²) >= 11 is 0. The summed E-state index contributed by atoms with van der Waals surface area (Å²) < 4.78 is 1.94. The number of hydrogen-bond donors (Lipinski definition) is 0. The fraction of sp³-hybridized carbons (Fsp3) is 0.500. The maximum Gasteiger partial charge on any atom is 0.273 e. The second-order valence-electron chi connectivity index (χ2n) is 5.77. The first-order chi connectivity index (χ1) is 9.59. The molecule has 106 valence electrons. The fourth-order valence-corrected chi connectivity index (χ4v) is 3.11. The molecule has 20 heavy (non-hydrogen) atoms. The maximum absolute atomic E-state index is 12.9. The molecule has 3 heterocycles. The SMILES string of the molecule is Cc1nc2c(C)cccn2c1C(=O)N1CCCCC1C. The van der Waals surface area contributed by atoms with Gasteiger partial charge in [-0.15, -0.1) is 0 Å². The van der Waals surface area contributed by atoms with Crippen LogP contribution in [0.3, 0.4) is 0 Å². The number of amides is 1. The van der Waals surface area contributed by atoms with Gasteiger partial charge in [0.15, 0.2) is 0 Å². The third-order valence-corrected chi connectivity index (χ3v) is 4.29. The van der Waals surface area contributed by atoms with Crippen LogP contribution in [-0.4, -0.2) is 32.8 Å². The molecule has 3 rings (SSSR count). The van der Waals surface area contributed by atoms with E-state index in [0.29, 0.717) is 6.04 Å². The molecule has 0 spiro atoms. The van der Waals surface area contributed by atoms with Crippen LogP contribution in [0.5, 0.6) is 0 Å². The number of nitrogens with zero attached hydrogens (tertiary/aromatic N) is 3. The first-order valence-electron chi connectivity index (χ1n) is 7.35. The average Bonchev–Trinajstić information content (AvgIpc) is 2.76. The molecular formula is C16H21N3O. The molecule has 1 aliphatic rings. The Bertz CT molecular complexity index is 659. The van der Waals surface area contributed by atoms with Crippen molar-refractivity contribution in [3.8, 4) is 0 Å². The van der Waals surface area contributed by atoms with Gasteiger partial charge in [-0.1, -0.05) is 6.07 Å². The van der Waals surface area contributed by atoms with E-state index in [2.05, 4.69) is 11.9 Å². The maximum atomic E-state index is 12.9. The average molecular weight is 271 g/mol. The normalized spacial score (nSPS) is 19.6. The zero-order valence-corrected chi connectivity index (χ0v) is 12.4. The van der Waals surface area contributed by atoms with E-state index in [-0.39, 0.29) is 5.91 Å². The first kappa shape index (κ1) is 13.2. The highest BCUT2D eigenvalue weighted by molar-refractivity contribution is 5.95. The van der Waals surface area contributed by atoms with E-state index >= 15 is 0 Å². The number of rotatable bonds is 1. The number of hydrogen-bond acceptors (Lipinski definition) is 2. The number of likely N-dealkylation sites (tertiary alicyclic amines) is 1. The monoisotopic (exact) mass is 271 g/mol. The van der Waals surface area contributed by atoms with Gasteiger partial charge in [-0.05, 0) is 51.7 Å². The smallest absolute Gasteiger partial charge is 0.273 e. The lowest BCUT2D eigenvalue weighted by atomic mass is 10.0. The molecule has 4 heteroatoms. The molecule has 0 aliphatic carbocycles. The van der Waals surface area contributed by atoms with Gasteiger partial charge in [0, 0.05) is 18.8 Å². The van der Waals surface area contributed by atoms with Crippen molar-refractivity contribution in [3.05, 3.63) is 35.3 Å². The summed E-state index contributed by atoms with van der Waals surface area (Å²) in [4.78, 5) is 19.5. The van der Waals surface area contributed by atoms with Crippen molar-refractivity contribution in [2.24, 2.45) is 0 Å². The van der Waals surface area contributed by atoms with Gasteiger partial charge in [0.25, 0.3) is 5.91 Å². The lowest BCUT2D eigenvalue weighted by molar-refractivity contribution is 0.0627. The summed E-state index contributed by atoms with van der Waals surface area (Å²) in [5.74, 6) is 0.118. The van der Waals surface area contributed by atoms with E-state index in [0.717, 1.165) is 42.0 Å². The summed E-state index contributed by atoms with van der Waals surface area (Å²) in [5.41, 5.74) is 3.53. The molecule has 2 aromatic heterocycles. The Morgan fingerprint density at radius 3 is 2.90 bits per heavy atom. The van der Waals surface area contributed by atoms with Crippen molar-refractivity contribution >= 4 is 11.6 Å². The van der Waals surface area contributed by atoms with Crippen LogP contribution in [0.15, 0.2) is 18.3 Å². The minimum Gasteiger partial charge on any atom is -0.335 e. The van der Waals surface area contributed by atoms with Gasteiger partial charge in [0.2, 0.25) is 0 Å². The Morgan fingerprint density at radius 1 is 1.35 bits per heavy atom. The third kappa shape index (κ3) is 1.99. The predicted octanol–water partition coefficient (Wildman–Crippen LogP) is 2.97. The van der Waals surface area contributed by atoms with Crippen molar-refractivity contribution < 1.29 is 4.79 Å². The Kier molecular flexibility index (Phi) is 3.24. The van der Waals surface area contributed by atoms with Gasteiger partial charge in [-0.25, -0.2) is 4.98 Å². The van der Waals surface area contributed by atoms with Crippen LogP contribution >= 0.6 is 0 Å². The summed E-state index contributed by atoms with van der Waals surface area (Å²) in [5, 5.41) is 0. The lowest BCUT2D eigenvalue weighted by Crippen LogP contribution is -2.42. The van der Waals surface area contributed by atoms with E-state index in [1.54, 1.807) is 0 Å². The largest absolute Gasteiger partial charge is 0.335 e. The molecule has 0 bridgehead atoms. The van der Waals surface area contributed by atoms with Crippen LogP contribution in [0, 0.1) is 13.8 Å². The van der Waals surface area contributed by atoms with Crippen LogP contribution in [0.4, 0.5) is 0 Å². The molecule has 0 radical (unpaired) electrons. The van der Waals surface area contributed by atoms with Crippen molar-refractivity contribution in [2.45, 2.75) is 46.1 Å². The molecule has 1 unspecified atom stereocenters. The molecule has 1 aliphatic heterocycles. The molecule has 1 atom stereocenters. The Hall–Kier alpha value is -1.84. The summed E-state index contributed by atoms with van der Waals surface area (Å²) in [6.07, 6.45) is 5.35. The van der Waals surface area contributed by atoms with E-state index in [1.807, 2.05) is 41.5 Å². The zero-order chi connectivity index (χ0) is 14.3. The second kappa shape index (κ2) is 4.93. The Labute approximate surface area is 119 Å². The molecule has 0 aromatic carbocycles. The number of imidazole rings is 1. The van der Waals surface area contributed by atoms with E-state index in [1.165, 1.54) is 6.42 Å². The third-order valence-electron chi connectivity index (χ3n) is 4.29. The van der Waals surface area contributed by atoms with E-state index in [4.69, 9.17) is 0 Å². The Morgan fingerprint density at radius 2 is 2.15 bits per heavy atom. The number of carbonyl (C=O) groups excluding carboxylic acids is 1. The van der Waals surface area contributed by atoms with Gasteiger partial charge < -0.3 is 4.90 Å². The van der Waals surface area contributed by atoms with Crippen molar-refractivity contribution in [2.75, 3.05) is 6.54 Å². The van der Waals surface area contributed by atoms with Crippen LogP contribution in [-0.2, 0) is 0 Å². The van der Waals surface area contributed by atoms with E-state index in [9.17, 15) is 4.79 Å². The highest BCUT2D eigenvalue weighted by Crippen LogP contribution is 2.22. The number of piperidine rings is 1. The number of aryl methyl sites for hydroxylation is 2. The first-order valence-corrected chi connectivity index (χ1v) is 7.35. The summed E-state index contributed by atoms with van der Waals surface area (Å²) in [7, 11) is 0. The van der Waals surface area contributed by atoms with Gasteiger partial charge >= 0.3 is 0 Å². The highest BCUT2D eigenvalue weighted by atomic mass is 16.2. The number of fused-ring (bicyclic) bond motifs is 1. The second-order valence-corrected chi connectivity index (χ2v) is 5.77. The standard InChI is InChI=1S/C16H21N3O/c1-11-7-6-10-19-14(13(3)17-15(11)19)16(20)18-9-5-4-8-12(18)2/h6-7,10,12H,4-5,8-9H2,1-3H3. The molecule has 0 N–H and O–H groups in total. The van der Waals surface area contributed by atoms with Gasteiger partial charge in [-0.2, -0.15) is 0 Å². The molecule has 1 fully saturated rings. The molecule has 1 amide bonds. The summed E-state index contributed by atoms with van der Waals surface area (Å²) in [6, 6.07) is 4.32. The fourth-order valence-electron chi connectivity index (χ4n) is 3.11. The Balaban J connectivity index is 2.07. The van der Waals surface area contributed by atoms with Crippen LogP contribution < -0.4 is 0 Å². The number of carbonyl (C=O) groups is 1. The van der Waals surface area contributed by atoms with Crippen molar-refractivity contribution in [3.63, 3.8) is 0 Å². The topological polar surface area (TPSA) is 37.6 Å². The van der Waals surface area contributed by atoms with Crippen LogP contribution in [0.25, 0.3) is 5.65 Å². The van der Waals surface area contributed by atoms with Crippen molar-refractivity contribution in [1.82, 2.24) is 14.3 Å². The lowest BCUT2D eigenvalue weighted by Gasteiger charge is -2.33. The predicted molar refractivity (Wildman–Crippen MR) is 79.0 cm³/mol. The van der Waals surface area contributed by atoms with Gasteiger partial charge in [-0.3, -0.25) is 9.20 Å². The summed E-state index contributed by atoms with van der Waals surface area (Å²) in [6.45, 7) is 6.95. The zero-order valence-electron chi connectivity index (χ0n) is 12.4. The molecule has 2 aromatic rings. The van der Waals surface area contributed by atoms with Crippen molar-refractivity contribution in [1.29, 1.82) is 0 Å². The number of pyridine rings is 1. The number of aromatic nitrogens is 2. The van der Waals surface area contributed by atoms with Gasteiger partial charge in [0.1, 0.15) is 11.3 Å². The van der Waals surface area contributed by atoms with Gasteiger partial charge in [0.05, 0.1) is 5.69 Å². The minimum absolute atomic E-state index is 0.118. The molecule has 1 saturated heterocycles. The molecule has 4 nitrogen and oxygen atoms in total. The highest BCUT2D eigenvalue weighted by Gasteiger charge is 2.28. The van der Waals surface area contributed by atoms with Crippen LogP contribution in [0.2, 0.25) is 0 Å². The van der Waals surface area contributed by atoms with E-state index < -0.39 is 0 Å². The minimum atomic E-state index is 0.118. The quantitative estimate of drug-likeness (QED) is 0.799. The molecule has 0 saturated carbocycles. The molecular weight excluding hydrogens is 250 g/mol.